The molecule has 0 bridgehead atoms. The first-order chi connectivity index (χ1) is 23.7. The number of nitrogens with zero attached hydrogens (tertiary/aromatic N) is 6. The van der Waals surface area contributed by atoms with Gasteiger partial charge in [0.05, 0.1) is 5.52 Å². The van der Waals surface area contributed by atoms with Crippen LogP contribution in [0.1, 0.15) is 23.2 Å². The van der Waals surface area contributed by atoms with Crippen LogP contribution in [0.25, 0.3) is 22.0 Å². The highest BCUT2D eigenvalue weighted by molar-refractivity contribution is 5.95. The molecule has 1 saturated heterocycles. The predicted molar refractivity (Wildman–Crippen MR) is 186 cm³/mol. The Kier molecular flexibility index (Phi) is 8.48. The van der Waals surface area contributed by atoms with Gasteiger partial charge in [-0.2, -0.15) is 18.3 Å². The van der Waals surface area contributed by atoms with Crippen LogP contribution in [-0.4, -0.2) is 70.9 Å². The number of alkyl halides is 3. The number of halogens is 3. The second-order valence-corrected chi connectivity index (χ2v) is 12.7. The zero-order valence-corrected chi connectivity index (χ0v) is 27.4. The quantitative estimate of drug-likeness (QED) is 0.186. The third-order valence-electron chi connectivity index (χ3n) is 9.59. The van der Waals surface area contributed by atoms with E-state index < -0.39 is 17.4 Å². The Morgan fingerprint density at radius 2 is 1.53 bits per heavy atom. The van der Waals surface area contributed by atoms with E-state index in [2.05, 4.69) is 27.1 Å². The van der Waals surface area contributed by atoms with E-state index in [0.717, 1.165) is 22.2 Å². The van der Waals surface area contributed by atoms with Crippen molar-refractivity contribution in [2.75, 3.05) is 45.2 Å². The number of amides is 2. The first-order valence-electron chi connectivity index (χ1n) is 16.4. The molecule has 3 aromatic carbocycles. The van der Waals surface area contributed by atoms with Crippen LogP contribution in [-0.2, 0) is 11.7 Å². The minimum atomic E-state index is -4.72. The molecule has 7 nitrogen and oxygen atoms in total. The van der Waals surface area contributed by atoms with Crippen LogP contribution in [0.5, 0.6) is 0 Å². The molecule has 2 aliphatic rings. The monoisotopic (exact) mass is 662 g/mol. The van der Waals surface area contributed by atoms with Crippen LogP contribution < -0.4 is 4.90 Å². The van der Waals surface area contributed by atoms with Gasteiger partial charge in [0.25, 0.3) is 0 Å². The van der Waals surface area contributed by atoms with Gasteiger partial charge in [-0.25, -0.2) is 4.79 Å². The molecule has 1 fully saturated rings. The number of rotatable bonds is 6. The number of benzene rings is 3. The van der Waals surface area contributed by atoms with Gasteiger partial charge >= 0.3 is 12.2 Å². The third kappa shape index (κ3) is 5.85. The van der Waals surface area contributed by atoms with Crippen molar-refractivity contribution in [1.82, 2.24) is 24.6 Å². The molecule has 250 valence electrons. The van der Waals surface area contributed by atoms with Gasteiger partial charge in [0.1, 0.15) is 5.54 Å². The first kappa shape index (κ1) is 32.2. The number of hydrogen-bond acceptors (Lipinski definition) is 4. The Labute approximate surface area is 283 Å². The number of aromatic nitrogens is 3. The average molecular weight is 663 g/mol. The lowest BCUT2D eigenvalue weighted by Crippen LogP contribution is -2.51. The fraction of sp³-hybridized carbons (Fsp3) is 0.256. The lowest BCUT2D eigenvalue weighted by atomic mass is 9.70. The van der Waals surface area contributed by atoms with Gasteiger partial charge in [-0.1, -0.05) is 91.0 Å². The number of carbonyl (C=O) groups excluding carboxylic acids is 1. The smallest absolute Gasteiger partial charge is 0.367 e. The van der Waals surface area contributed by atoms with E-state index in [1.807, 2.05) is 78.9 Å². The number of allylic oxidation sites excluding steroid dienone is 4. The summed E-state index contributed by atoms with van der Waals surface area (Å²) in [6.07, 6.45) is 7.22. The summed E-state index contributed by atoms with van der Waals surface area (Å²) in [7, 11) is 3.47. The lowest BCUT2D eigenvalue weighted by molar-refractivity contribution is -0.141. The van der Waals surface area contributed by atoms with Crippen molar-refractivity contribution in [3.05, 3.63) is 138 Å². The zero-order chi connectivity index (χ0) is 34.2. The van der Waals surface area contributed by atoms with E-state index in [4.69, 9.17) is 0 Å². The largest absolute Gasteiger partial charge is 0.435 e. The average Bonchev–Trinajstić information content (AvgIpc) is 3.59. The first-order valence-corrected chi connectivity index (χ1v) is 16.4. The van der Waals surface area contributed by atoms with Crippen LogP contribution in [0.2, 0.25) is 0 Å². The molecule has 1 atom stereocenters. The standard InChI is InChI=1S/C39H37F3N6O/c1-45(2)37(49)47-24-22-46(23-25-47)35-20-21-43-34-19-18-28(26-32(34)35)33-27-48(44-36(33)39(40,41)42)38(29-12-6-3-7-13-29,30-14-8-4-9-15-30)31-16-10-5-11-17-31/h3-16,18-21,26-27,31H,17,22-25H2,1-2H3. The second kappa shape index (κ2) is 12.9. The van der Waals surface area contributed by atoms with Crippen molar-refractivity contribution in [3.8, 4) is 11.1 Å². The summed E-state index contributed by atoms with van der Waals surface area (Å²) < 4.78 is 46.7. The van der Waals surface area contributed by atoms with E-state index in [-0.39, 0.29) is 17.5 Å². The number of carbonyl (C=O) groups is 1. The molecular weight excluding hydrogens is 625 g/mol. The lowest BCUT2D eigenvalue weighted by Gasteiger charge is -2.41. The SMILES string of the molecule is CN(C)C(=O)N1CCN(c2ccnc3ccc(-c4cn(C(c5ccccc5)(c5ccccc5)C5C=CC=CC5)nc4C(F)(F)F)cc23)CC1. The van der Waals surface area contributed by atoms with Gasteiger partial charge in [0.15, 0.2) is 5.69 Å². The molecule has 2 amide bonds. The maximum absolute atomic E-state index is 15.1. The molecule has 0 spiro atoms. The summed E-state index contributed by atoms with van der Waals surface area (Å²) in [6.45, 7) is 2.26. The van der Waals surface area contributed by atoms with Crippen LogP contribution >= 0.6 is 0 Å². The molecule has 10 heteroatoms. The maximum Gasteiger partial charge on any atom is 0.435 e. The number of hydrogen-bond donors (Lipinski definition) is 0. The van der Waals surface area contributed by atoms with Gasteiger partial charge in [0.2, 0.25) is 0 Å². The minimum Gasteiger partial charge on any atom is -0.367 e. The molecule has 0 saturated carbocycles. The molecule has 2 aromatic heterocycles. The van der Waals surface area contributed by atoms with Gasteiger partial charge in [-0.05, 0) is 41.3 Å². The number of urea groups is 1. The van der Waals surface area contributed by atoms with Crippen molar-refractivity contribution in [2.45, 2.75) is 18.1 Å². The van der Waals surface area contributed by atoms with Crippen LogP contribution in [0.4, 0.5) is 23.7 Å². The van der Waals surface area contributed by atoms with Crippen LogP contribution in [0.3, 0.4) is 0 Å². The van der Waals surface area contributed by atoms with E-state index >= 15 is 13.2 Å². The fourth-order valence-corrected chi connectivity index (χ4v) is 7.28. The normalized spacial score (nSPS) is 16.7. The minimum absolute atomic E-state index is 0.00262. The van der Waals surface area contributed by atoms with E-state index in [1.165, 1.54) is 0 Å². The number of pyridine rings is 1. The molecule has 1 aliphatic heterocycles. The molecule has 5 aromatic rings. The van der Waals surface area contributed by atoms with Gasteiger partial charge < -0.3 is 14.7 Å². The Balaban J connectivity index is 1.39. The van der Waals surface area contributed by atoms with Crippen LogP contribution in [0, 0.1) is 5.92 Å². The maximum atomic E-state index is 15.1. The molecule has 0 radical (unpaired) electrons. The highest BCUT2D eigenvalue weighted by Gasteiger charge is 2.46. The summed E-state index contributed by atoms with van der Waals surface area (Å²) in [5.41, 5.74) is 1.60. The summed E-state index contributed by atoms with van der Waals surface area (Å²) in [4.78, 5) is 22.6. The van der Waals surface area contributed by atoms with E-state index in [9.17, 15) is 4.79 Å². The molecule has 1 unspecified atom stereocenters. The third-order valence-corrected chi connectivity index (χ3v) is 9.59. The van der Waals surface area contributed by atoms with Crippen molar-refractivity contribution in [1.29, 1.82) is 0 Å². The number of fused-ring (bicyclic) bond motifs is 1. The van der Waals surface area contributed by atoms with Gasteiger partial charge in [-0.15, -0.1) is 0 Å². The molecule has 3 heterocycles. The van der Waals surface area contributed by atoms with Gasteiger partial charge in [0, 0.05) is 75.2 Å². The summed E-state index contributed by atoms with van der Waals surface area (Å²) in [5.74, 6) is -0.221. The number of piperazine rings is 1. The van der Waals surface area contributed by atoms with E-state index in [0.29, 0.717) is 43.7 Å². The van der Waals surface area contributed by atoms with Gasteiger partial charge in [-0.3, -0.25) is 9.67 Å². The molecular formula is C39H37F3N6O. The molecule has 1 aliphatic carbocycles. The van der Waals surface area contributed by atoms with Crippen molar-refractivity contribution in [2.24, 2.45) is 5.92 Å². The summed E-state index contributed by atoms with van der Waals surface area (Å²) in [5, 5.41) is 5.20. The van der Waals surface area contributed by atoms with E-state index in [1.54, 1.807) is 59.2 Å². The Bertz CT molecular complexity index is 1970. The molecule has 7 rings (SSSR count). The highest BCUT2D eigenvalue weighted by atomic mass is 19.4. The summed E-state index contributed by atoms with van der Waals surface area (Å²) in [6, 6.07) is 26.5. The Morgan fingerprint density at radius 1 is 0.857 bits per heavy atom. The second-order valence-electron chi connectivity index (χ2n) is 12.7. The predicted octanol–water partition coefficient (Wildman–Crippen LogP) is 7.84. The van der Waals surface area contributed by atoms with Crippen LogP contribution in [0.15, 0.2) is 122 Å². The highest BCUT2D eigenvalue weighted by Crippen LogP contribution is 2.47. The fourth-order valence-electron chi connectivity index (χ4n) is 7.28. The summed E-state index contributed by atoms with van der Waals surface area (Å²) >= 11 is 0. The molecule has 0 N–H and O–H groups in total. The van der Waals surface area contributed by atoms with Crippen molar-refractivity contribution >= 4 is 22.6 Å². The van der Waals surface area contributed by atoms with Crippen molar-refractivity contribution < 1.29 is 18.0 Å². The Morgan fingerprint density at radius 3 is 2.12 bits per heavy atom. The molecule has 49 heavy (non-hydrogen) atoms. The topological polar surface area (TPSA) is 57.5 Å². The van der Waals surface area contributed by atoms with Crippen molar-refractivity contribution in [3.63, 3.8) is 0 Å². The zero-order valence-electron chi connectivity index (χ0n) is 27.4. The Hall–Kier alpha value is -5.38. The number of anilines is 1.